The van der Waals surface area contributed by atoms with Gasteiger partial charge in [-0.3, -0.25) is 4.79 Å². The Morgan fingerprint density at radius 1 is 1.23 bits per heavy atom. The van der Waals surface area contributed by atoms with Gasteiger partial charge in [-0.25, -0.2) is 0 Å². The topological polar surface area (TPSA) is 17.1 Å². The van der Waals surface area contributed by atoms with Crippen LogP contribution in [0.15, 0.2) is 0 Å². The molecule has 0 fully saturated rings. The van der Waals surface area contributed by atoms with E-state index in [9.17, 15) is 4.79 Å². The van der Waals surface area contributed by atoms with Gasteiger partial charge in [0.15, 0.2) is 0 Å². The summed E-state index contributed by atoms with van der Waals surface area (Å²) in [7, 11) is 0. The number of Topliss-reactive ketones (excluding diaryl/α,β-unsaturated/α-hetero) is 1. The summed E-state index contributed by atoms with van der Waals surface area (Å²) < 4.78 is 0. The molecule has 0 aromatic heterocycles. The second-order valence-corrected chi connectivity index (χ2v) is 4.58. The number of hydrogen-bond acceptors (Lipinski definition) is 2. The average molecular weight is 202 g/mol. The number of carbonyl (C=O) groups is 1. The Balaban J connectivity index is 3.33. The van der Waals surface area contributed by atoms with E-state index in [0.717, 1.165) is 6.42 Å². The number of thioether (sulfide) groups is 1. The quantitative estimate of drug-likeness (QED) is 0.559. The summed E-state index contributed by atoms with van der Waals surface area (Å²) in [6.07, 6.45) is 9.56. The fraction of sp³-hybridized carbons (Fsp3) is 0.909. The van der Waals surface area contributed by atoms with Gasteiger partial charge in [-0.05, 0) is 19.6 Å². The van der Waals surface area contributed by atoms with Gasteiger partial charge in [-0.1, -0.05) is 39.0 Å². The molecule has 1 atom stereocenters. The Hall–Kier alpha value is 0.0200. The zero-order valence-electron chi connectivity index (χ0n) is 9.14. The smallest absolute Gasteiger partial charge is 0.142 e. The van der Waals surface area contributed by atoms with Gasteiger partial charge in [0, 0.05) is 0 Å². The first-order chi connectivity index (χ1) is 6.22. The Labute approximate surface area is 86.7 Å². The largest absolute Gasteiger partial charge is 0.299 e. The molecule has 0 aliphatic rings. The zero-order chi connectivity index (χ0) is 10.1. The highest BCUT2D eigenvalue weighted by Crippen LogP contribution is 2.16. The second kappa shape index (κ2) is 8.61. The van der Waals surface area contributed by atoms with Crippen LogP contribution in [0.4, 0.5) is 0 Å². The fourth-order valence-corrected chi connectivity index (χ4v) is 2.15. The van der Waals surface area contributed by atoms with Gasteiger partial charge >= 0.3 is 0 Å². The lowest BCUT2D eigenvalue weighted by Crippen LogP contribution is -2.12. The highest BCUT2D eigenvalue weighted by atomic mass is 32.2. The van der Waals surface area contributed by atoms with E-state index in [-0.39, 0.29) is 5.25 Å². The minimum absolute atomic E-state index is 0.252. The number of rotatable bonds is 8. The minimum Gasteiger partial charge on any atom is -0.299 e. The van der Waals surface area contributed by atoms with Crippen molar-refractivity contribution in [1.82, 2.24) is 0 Å². The summed E-state index contributed by atoms with van der Waals surface area (Å²) in [4.78, 5) is 11.1. The second-order valence-electron chi connectivity index (χ2n) is 3.54. The molecule has 0 aliphatic carbocycles. The maximum absolute atomic E-state index is 11.1. The van der Waals surface area contributed by atoms with Crippen molar-refractivity contribution in [3.63, 3.8) is 0 Å². The first-order valence-corrected chi connectivity index (χ1v) is 6.54. The van der Waals surface area contributed by atoms with Crippen LogP contribution in [0.1, 0.15) is 52.4 Å². The molecule has 0 aromatic carbocycles. The Morgan fingerprint density at radius 2 is 1.85 bits per heavy atom. The molecule has 0 amide bonds. The first kappa shape index (κ1) is 13.0. The van der Waals surface area contributed by atoms with E-state index in [1.807, 2.05) is 6.26 Å². The van der Waals surface area contributed by atoms with Crippen LogP contribution < -0.4 is 0 Å². The van der Waals surface area contributed by atoms with E-state index < -0.39 is 0 Å². The van der Waals surface area contributed by atoms with Crippen LogP contribution in [0.25, 0.3) is 0 Å². The molecule has 0 rings (SSSR count). The number of hydrogen-bond donors (Lipinski definition) is 0. The van der Waals surface area contributed by atoms with E-state index in [4.69, 9.17) is 0 Å². The first-order valence-electron chi connectivity index (χ1n) is 5.25. The van der Waals surface area contributed by atoms with Crippen molar-refractivity contribution in [3.8, 4) is 0 Å². The predicted molar refractivity (Wildman–Crippen MR) is 61.4 cm³/mol. The standard InChI is InChI=1S/C11H22OS/c1-4-5-6-7-8-9-11(13-3)10(2)12/h11H,4-9H2,1-3H3. The van der Waals surface area contributed by atoms with Crippen molar-refractivity contribution in [2.75, 3.05) is 6.26 Å². The van der Waals surface area contributed by atoms with Crippen molar-refractivity contribution in [2.24, 2.45) is 0 Å². The molecule has 2 heteroatoms. The van der Waals surface area contributed by atoms with Gasteiger partial charge < -0.3 is 0 Å². The lowest BCUT2D eigenvalue weighted by molar-refractivity contribution is -0.116. The van der Waals surface area contributed by atoms with Crippen molar-refractivity contribution >= 4 is 17.5 Å². The summed E-state index contributed by atoms with van der Waals surface area (Å²) in [5, 5.41) is 0.252. The van der Waals surface area contributed by atoms with Gasteiger partial charge in [-0.2, -0.15) is 11.8 Å². The summed E-state index contributed by atoms with van der Waals surface area (Å²) in [5.41, 5.74) is 0. The molecule has 0 saturated carbocycles. The molecule has 78 valence electrons. The summed E-state index contributed by atoms with van der Waals surface area (Å²) in [6.45, 7) is 3.92. The van der Waals surface area contributed by atoms with Crippen LogP contribution in [0.2, 0.25) is 0 Å². The minimum atomic E-state index is 0.252. The maximum atomic E-state index is 11.1. The third-order valence-corrected chi connectivity index (χ3v) is 3.44. The maximum Gasteiger partial charge on any atom is 0.142 e. The average Bonchev–Trinajstić information content (AvgIpc) is 2.10. The number of carbonyl (C=O) groups excluding carboxylic acids is 1. The molecule has 0 aromatic rings. The van der Waals surface area contributed by atoms with Gasteiger partial charge in [-0.15, -0.1) is 0 Å². The van der Waals surface area contributed by atoms with Crippen LogP contribution >= 0.6 is 11.8 Å². The van der Waals surface area contributed by atoms with Crippen molar-refractivity contribution < 1.29 is 4.79 Å². The van der Waals surface area contributed by atoms with Crippen LogP contribution in [0, 0.1) is 0 Å². The van der Waals surface area contributed by atoms with E-state index in [2.05, 4.69) is 6.92 Å². The summed E-state index contributed by atoms with van der Waals surface area (Å²) in [5.74, 6) is 0.336. The molecule has 0 bridgehead atoms. The monoisotopic (exact) mass is 202 g/mol. The molecule has 0 spiro atoms. The normalized spacial score (nSPS) is 12.8. The van der Waals surface area contributed by atoms with E-state index >= 15 is 0 Å². The Morgan fingerprint density at radius 3 is 2.31 bits per heavy atom. The van der Waals surface area contributed by atoms with Crippen molar-refractivity contribution in [2.45, 2.75) is 57.6 Å². The molecule has 0 radical (unpaired) electrons. The number of ketones is 1. The van der Waals surface area contributed by atoms with Crippen LogP contribution in [-0.4, -0.2) is 17.3 Å². The molecular formula is C11H22OS. The molecule has 1 unspecified atom stereocenters. The third kappa shape index (κ3) is 7.12. The summed E-state index contributed by atoms with van der Waals surface area (Å²) >= 11 is 1.69. The molecule has 0 saturated heterocycles. The van der Waals surface area contributed by atoms with Gasteiger partial charge in [0.25, 0.3) is 0 Å². The molecule has 1 nitrogen and oxygen atoms in total. The lowest BCUT2D eigenvalue weighted by atomic mass is 10.1. The lowest BCUT2D eigenvalue weighted by Gasteiger charge is -2.09. The van der Waals surface area contributed by atoms with Gasteiger partial charge in [0.05, 0.1) is 5.25 Å². The van der Waals surface area contributed by atoms with Crippen LogP contribution in [0.5, 0.6) is 0 Å². The van der Waals surface area contributed by atoms with E-state index in [0.29, 0.717) is 5.78 Å². The third-order valence-electron chi connectivity index (χ3n) is 2.31. The van der Waals surface area contributed by atoms with Gasteiger partial charge in [0.1, 0.15) is 5.78 Å². The van der Waals surface area contributed by atoms with E-state index in [1.165, 1.54) is 32.1 Å². The van der Waals surface area contributed by atoms with Crippen molar-refractivity contribution in [1.29, 1.82) is 0 Å². The van der Waals surface area contributed by atoms with Crippen LogP contribution in [0.3, 0.4) is 0 Å². The molecule has 0 N–H and O–H groups in total. The SMILES string of the molecule is CCCCCCCC(SC)C(C)=O. The molecule has 0 aliphatic heterocycles. The van der Waals surface area contributed by atoms with Gasteiger partial charge in [0.2, 0.25) is 0 Å². The van der Waals surface area contributed by atoms with E-state index in [1.54, 1.807) is 18.7 Å². The molecular weight excluding hydrogens is 180 g/mol. The molecule has 13 heavy (non-hydrogen) atoms. The Kier molecular flexibility index (Phi) is 8.62. The highest BCUT2D eigenvalue weighted by molar-refractivity contribution is 7.99. The molecule has 0 heterocycles. The van der Waals surface area contributed by atoms with Crippen molar-refractivity contribution in [3.05, 3.63) is 0 Å². The fourth-order valence-electron chi connectivity index (χ4n) is 1.42. The van der Waals surface area contributed by atoms with Crippen LogP contribution in [-0.2, 0) is 4.79 Å². The summed E-state index contributed by atoms with van der Waals surface area (Å²) in [6, 6.07) is 0. The predicted octanol–water partition coefficient (Wildman–Crippen LogP) is 3.67. The Bertz CT molecular complexity index is 134. The zero-order valence-corrected chi connectivity index (χ0v) is 9.95. The highest BCUT2D eigenvalue weighted by Gasteiger charge is 2.10. The number of unbranched alkanes of at least 4 members (excludes halogenated alkanes) is 4.